The number of aromatic nitrogens is 2. The number of fused-ring (bicyclic) bond motifs is 2. The van der Waals surface area contributed by atoms with Crippen LogP contribution in [0.4, 0.5) is 21.6 Å². The van der Waals surface area contributed by atoms with E-state index in [-0.39, 0.29) is 17.7 Å². The minimum Gasteiger partial charge on any atom is -0.366 e. The van der Waals surface area contributed by atoms with Gasteiger partial charge in [0.1, 0.15) is 11.6 Å². The van der Waals surface area contributed by atoms with Crippen molar-refractivity contribution in [3.05, 3.63) is 70.1 Å². The van der Waals surface area contributed by atoms with Gasteiger partial charge in [-0.2, -0.15) is 5.10 Å². The van der Waals surface area contributed by atoms with Gasteiger partial charge in [0.05, 0.1) is 29.7 Å². The molecule has 2 amide bonds. The Morgan fingerprint density at radius 2 is 2.04 bits per heavy atom. The molecule has 7 nitrogen and oxygen atoms in total. The molecule has 3 N–H and O–H groups in total. The van der Waals surface area contributed by atoms with Crippen molar-refractivity contribution in [2.24, 2.45) is 12.8 Å². The van der Waals surface area contributed by atoms with Gasteiger partial charge in [0.15, 0.2) is 0 Å². The van der Waals surface area contributed by atoms with E-state index in [0.29, 0.717) is 16.4 Å². The third-order valence-corrected chi connectivity index (χ3v) is 4.81. The molecule has 0 atom stereocenters. The number of hydrogen-bond acceptors (Lipinski definition) is 4. The van der Waals surface area contributed by atoms with Crippen molar-refractivity contribution >= 4 is 40.6 Å². The number of nitrogens with two attached hydrogens (primary N) is 1. The lowest BCUT2D eigenvalue weighted by molar-refractivity contribution is 0.0976. The van der Waals surface area contributed by atoms with E-state index < -0.39 is 17.6 Å². The highest BCUT2D eigenvalue weighted by molar-refractivity contribution is 6.31. The molecule has 28 heavy (non-hydrogen) atoms. The van der Waals surface area contributed by atoms with Gasteiger partial charge in [-0.15, -0.1) is 0 Å². The van der Waals surface area contributed by atoms with Gasteiger partial charge < -0.3 is 16.0 Å². The quantitative estimate of drug-likeness (QED) is 0.692. The largest absolute Gasteiger partial charge is 0.366 e. The van der Waals surface area contributed by atoms with E-state index in [4.69, 9.17) is 17.3 Å². The molecule has 9 heteroatoms. The minimum atomic E-state index is -0.893. The molecular weight excluding hydrogens is 385 g/mol. The van der Waals surface area contributed by atoms with Gasteiger partial charge in [-0.25, -0.2) is 4.39 Å². The second-order valence-electron chi connectivity index (χ2n) is 6.38. The highest BCUT2D eigenvalue weighted by atomic mass is 35.5. The van der Waals surface area contributed by atoms with Crippen LogP contribution in [0.3, 0.4) is 0 Å². The lowest BCUT2D eigenvalue weighted by Gasteiger charge is -2.23. The Labute approximate surface area is 164 Å². The van der Waals surface area contributed by atoms with Crippen molar-refractivity contribution in [1.82, 2.24) is 9.78 Å². The molecule has 1 aromatic heterocycles. The summed E-state index contributed by atoms with van der Waals surface area (Å²) in [6.07, 6.45) is 1.66. The summed E-state index contributed by atoms with van der Waals surface area (Å²) in [5.41, 5.74) is 6.96. The van der Waals surface area contributed by atoms with Crippen molar-refractivity contribution in [3.63, 3.8) is 0 Å². The van der Waals surface area contributed by atoms with E-state index in [9.17, 15) is 14.0 Å². The molecule has 0 radical (unpaired) electrons. The average molecular weight is 400 g/mol. The Hall–Kier alpha value is -3.39. The van der Waals surface area contributed by atoms with E-state index in [1.165, 1.54) is 17.0 Å². The zero-order valence-corrected chi connectivity index (χ0v) is 15.5. The summed E-state index contributed by atoms with van der Waals surface area (Å²) in [5, 5.41) is 7.97. The highest BCUT2D eigenvalue weighted by Gasteiger charge is 2.27. The number of rotatable bonds is 2. The molecule has 0 unspecified atom stereocenters. The van der Waals surface area contributed by atoms with Crippen molar-refractivity contribution < 1.29 is 14.0 Å². The van der Waals surface area contributed by atoms with Crippen LogP contribution in [0.1, 0.15) is 26.3 Å². The molecule has 1 aliphatic heterocycles. The fourth-order valence-electron chi connectivity index (χ4n) is 3.17. The van der Waals surface area contributed by atoms with Crippen molar-refractivity contribution in [3.8, 4) is 0 Å². The number of carbonyl (C=O) groups excluding carboxylic acids is 2. The first-order valence-corrected chi connectivity index (χ1v) is 8.71. The molecule has 1 aliphatic rings. The van der Waals surface area contributed by atoms with E-state index in [1.807, 2.05) is 0 Å². The van der Waals surface area contributed by atoms with Crippen LogP contribution in [0.5, 0.6) is 0 Å². The number of nitrogens with one attached hydrogen (secondary N) is 1. The first-order valence-electron chi connectivity index (χ1n) is 8.34. The van der Waals surface area contributed by atoms with Crippen LogP contribution in [0.15, 0.2) is 42.6 Å². The zero-order valence-electron chi connectivity index (χ0n) is 14.7. The first kappa shape index (κ1) is 18.0. The first-order chi connectivity index (χ1) is 13.3. The molecule has 0 spiro atoms. The summed E-state index contributed by atoms with van der Waals surface area (Å²) < 4.78 is 15.8. The number of carbonyl (C=O) groups is 2. The number of benzene rings is 2. The van der Waals surface area contributed by atoms with Crippen LogP contribution in [0, 0.1) is 5.82 Å². The molecule has 0 fully saturated rings. The maximum atomic E-state index is 14.2. The molecular formula is C19H15ClFN5O2. The number of hydrogen-bond donors (Lipinski definition) is 2. The summed E-state index contributed by atoms with van der Waals surface area (Å²) in [6, 6.07) is 8.70. The van der Waals surface area contributed by atoms with Crippen molar-refractivity contribution in [2.45, 2.75) is 6.54 Å². The van der Waals surface area contributed by atoms with Gasteiger partial charge in [0, 0.05) is 23.2 Å². The Morgan fingerprint density at radius 3 is 2.75 bits per heavy atom. The Morgan fingerprint density at radius 1 is 1.25 bits per heavy atom. The third-order valence-electron chi connectivity index (χ3n) is 4.57. The van der Waals surface area contributed by atoms with E-state index in [1.54, 1.807) is 36.1 Å². The molecule has 3 aromatic rings. The van der Waals surface area contributed by atoms with Crippen molar-refractivity contribution in [1.29, 1.82) is 0 Å². The number of anilines is 3. The maximum absolute atomic E-state index is 14.2. The predicted molar refractivity (Wildman–Crippen MR) is 103 cm³/mol. The van der Waals surface area contributed by atoms with Crippen LogP contribution in [-0.2, 0) is 13.6 Å². The second kappa shape index (κ2) is 6.65. The molecule has 142 valence electrons. The summed E-state index contributed by atoms with van der Waals surface area (Å²) in [7, 11) is 1.78. The summed E-state index contributed by atoms with van der Waals surface area (Å²) in [4.78, 5) is 26.0. The van der Waals surface area contributed by atoms with Crippen LogP contribution < -0.4 is 16.0 Å². The van der Waals surface area contributed by atoms with E-state index >= 15 is 0 Å². The van der Waals surface area contributed by atoms with Crippen LogP contribution >= 0.6 is 11.6 Å². The van der Waals surface area contributed by atoms with Gasteiger partial charge in [0.2, 0.25) is 0 Å². The fraction of sp³-hybridized carbons (Fsp3) is 0.105. The van der Waals surface area contributed by atoms with E-state index in [2.05, 4.69) is 10.4 Å². The highest BCUT2D eigenvalue weighted by Crippen LogP contribution is 2.37. The van der Waals surface area contributed by atoms with Gasteiger partial charge in [-0.3, -0.25) is 14.3 Å². The average Bonchev–Trinajstić information content (AvgIpc) is 2.90. The standard InChI is InChI=1S/C19H15ClFN5O2/c1-25-18-11(8-23-25)9-26(16-5-3-12(20)7-15(16)24-18)19(28)10-2-4-13(17(22)27)14(21)6-10/h2-8,24H,9H2,1H3,(H2,22,27). The molecule has 0 bridgehead atoms. The summed E-state index contributed by atoms with van der Waals surface area (Å²) in [6.45, 7) is 0.225. The summed E-state index contributed by atoms with van der Waals surface area (Å²) in [5.74, 6) is -1.44. The van der Waals surface area contributed by atoms with Crippen LogP contribution in [-0.4, -0.2) is 21.6 Å². The Balaban J connectivity index is 1.81. The van der Waals surface area contributed by atoms with Crippen LogP contribution in [0.2, 0.25) is 5.02 Å². The van der Waals surface area contributed by atoms with Gasteiger partial charge in [0.25, 0.3) is 11.8 Å². The zero-order chi connectivity index (χ0) is 20.0. The number of aryl methyl sites for hydroxylation is 1. The number of nitrogens with zero attached hydrogens (tertiary/aromatic N) is 3. The predicted octanol–water partition coefficient (Wildman–Crippen LogP) is 3.22. The van der Waals surface area contributed by atoms with Gasteiger partial charge in [-0.1, -0.05) is 11.6 Å². The molecule has 2 heterocycles. The SMILES string of the molecule is Cn1ncc2c1Nc1cc(Cl)ccc1N(C(=O)c1ccc(C(N)=O)c(F)c1)C2. The van der Waals surface area contributed by atoms with Gasteiger partial charge in [-0.05, 0) is 36.4 Å². The van der Waals surface area contributed by atoms with Gasteiger partial charge >= 0.3 is 0 Å². The number of halogens is 2. The number of amides is 2. The topological polar surface area (TPSA) is 93.2 Å². The van der Waals surface area contributed by atoms with Crippen molar-refractivity contribution in [2.75, 3.05) is 10.2 Å². The third kappa shape index (κ3) is 2.97. The molecule has 0 saturated carbocycles. The maximum Gasteiger partial charge on any atom is 0.258 e. The van der Waals surface area contributed by atoms with Crippen LogP contribution in [0.25, 0.3) is 0 Å². The Kier molecular flexibility index (Phi) is 4.27. The normalized spacial score (nSPS) is 12.6. The summed E-state index contributed by atoms with van der Waals surface area (Å²) >= 11 is 6.12. The fourth-order valence-corrected chi connectivity index (χ4v) is 3.34. The number of primary amides is 1. The molecule has 2 aromatic carbocycles. The smallest absolute Gasteiger partial charge is 0.258 e. The minimum absolute atomic E-state index is 0.0933. The monoisotopic (exact) mass is 399 g/mol. The lowest BCUT2D eigenvalue weighted by Crippen LogP contribution is -2.30. The molecule has 4 rings (SSSR count). The second-order valence-corrected chi connectivity index (χ2v) is 6.82. The molecule has 0 saturated heterocycles. The molecule has 0 aliphatic carbocycles. The van der Waals surface area contributed by atoms with E-state index in [0.717, 1.165) is 17.4 Å². The lowest BCUT2D eigenvalue weighted by atomic mass is 10.1. The Bertz CT molecular complexity index is 1130.